The molecule has 4 aromatic rings. The summed E-state index contributed by atoms with van der Waals surface area (Å²) in [5.41, 5.74) is 7.39. The van der Waals surface area contributed by atoms with Crippen molar-refractivity contribution in [2.24, 2.45) is 5.10 Å². The first kappa shape index (κ1) is 27.6. The number of morpholine rings is 1. The van der Waals surface area contributed by atoms with Crippen molar-refractivity contribution in [3.63, 3.8) is 0 Å². The number of amides is 1. The average molecular weight is 555 g/mol. The van der Waals surface area contributed by atoms with E-state index in [1.54, 1.807) is 29.7 Å². The Bertz CT molecular complexity index is 1440. The highest BCUT2D eigenvalue weighted by atomic mass is 32.1. The van der Waals surface area contributed by atoms with Crippen molar-refractivity contribution in [1.82, 2.24) is 10.4 Å². The smallest absolute Gasteiger partial charge is 0.271 e. The van der Waals surface area contributed by atoms with Crippen molar-refractivity contribution in [2.75, 3.05) is 31.2 Å². The summed E-state index contributed by atoms with van der Waals surface area (Å²) in [5.74, 6) is 0.541. The van der Waals surface area contributed by atoms with Gasteiger partial charge < -0.3 is 14.4 Å². The molecule has 8 heteroatoms. The molecule has 1 aromatic heterocycles. The number of hydrazone groups is 1. The van der Waals surface area contributed by atoms with Crippen LogP contribution < -0.4 is 15.1 Å². The summed E-state index contributed by atoms with van der Waals surface area (Å²) < 4.78 is 11.4. The maximum atomic E-state index is 12.8. The second-order valence-corrected chi connectivity index (χ2v) is 11.6. The van der Waals surface area contributed by atoms with E-state index in [1.165, 1.54) is 5.56 Å². The van der Waals surface area contributed by atoms with E-state index in [-0.39, 0.29) is 11.3 Å². The summed E-state index contributed by atoms with van der Waals surface area (Å²) in [5, 5.41) is 5.19. The Kier molecular flexibility index (Phi) is 8.57. The predicted octanol–water partition coefficient (Wildman–Crippen LogP) is 6.29. The lowest BCUT2D eigenvalue weighted by atomic mass is 9.87. The average Bonchev–Trinajstić information content (AvgIpc) is 3.41. The molecule has 0 atom stereocenters. The van der Waals surface area contributed by atoms with Crippen LogP contribution in [0.1, 0.15) is 47.1 Å². The Morgan fingerprint density at radius 3 is 2.40 bits per heavy atom. The van der Waals surface area contributed by atoms with Crippen LogP contribution in [0.3, 0.4) is 0 Å². The van der Waals surface area contributed by atoms with Crippen molar-refractivity contribution in [1.29, 1.82) is 0 Å². The molecular formula is C32H34N4O3S. The summed E-state index contributed by atoms with van der Waals surface area (Å²) in [6.07, 6.45) is 1.68. The molecule has 1 aliphatic rings. The van der Waals surface area contributed by atoms with Gasteiger partial charge in [-0.2, -0.15) is 5.10 Å². The van der Waals surface area contributed by atoms with Gasteiger partial charge in [0.15, 0.2) is 5.13 Å². The molecule has 1 N–H and O–H groups in total. The zero-order valence-corrected chi connectivity index (χ0v) is 23.9. The fraction of sp³-hybridized carbons (Fsp3) is 0.281. The number of hydrogen-bond acceptors (Lipinski definition) is 7. The van der Waals surface area contributed by atoms with Gasteiger partial charge in [0, 0.05) is 24.2 Å². The fourth-order valence-electron chi connectivity index (χ4n) is 4.28. The Morgan fingerprint density at radius 2 is 1.73 bits per heavy atom. The summed E-state index contributed by atoms with van der Waals surface area (Å²) in [6.45, 7) is 9.98. The van der Waals surface area contributed by atoms with Crippen molar-refractivity contribution in [2.45, 2.75) is 32.8 Å². The first-order valence-corrected chi connectivity index (χ1v) is 14.2. The second kappa shape index (κ2) is 12.4. The van der Waals surface area contributed by atoms with Gasteiger partial charge in [-0.25, -0.2) is 10.4 Å². The van der Waals surface area contributed by atoms with Crippen LogP contribution in [0.15, 0.2) is 84.0 Å². The minimum absolute atomic E-state index is 0.107. The van der Waals surface area contributed by atoms with Crippen LogP contribution in [0, 0.1) is 0 Å². The molecule has 0 radical (unpaired) electrons. The number of ether oxygens (including phenoxy) is 2. The third-order valence-electron chi connectivity index (χ3n) is 6.66. The minimum atomic E-state index is -0.277. The summed E-state index contributed by atoms with van der Waals surface area (Å²) in [6, 6.07) is 25.6. The zero-order chi connectivity index (χ0) is 28.0. The number of nitrogens with one attached hydrogen (secondary N) is 1. The number of benzene rings is 3. The van der Waals surface area contributed by atoms with Crippen molar-refractivity contribution in [3.05, 3.63) is 100 Å². The summed E-state index contributed by atoms with van der Waals surface area (Å²) in [4.78, 5) is 20.8. The van der Waals surface area contributed by atoms with E-state index in [0.29, 0.717) is 25.4 Å². The lowest BCUT2D eigenvalue weighted by molar-refractivity contribution is 0.0955. The Morgan fingerprint density at radius 1 is 1.02 bits per heavy atom. The topological polar surface area (TPSA) is 76.0 Å². The third-order valence-corrected chi connectivity index (χ3v) is 7.71. The van der Waals surface area contributed by atoms with Crippen LogP contribution in [0.5, 0.6) is 5.75 Å². The Hall–Kier alpha value is -4.01. The molecule has 40 heavy (non-hydrogen) atoms. The maximum absolute atomic E-state index is 12.8. The molecule has 7 nitrogen and oxygen atoms in total. The molecule has 1 fully saturated rings. The van der Waals surface area contributed by atoms with Crippen LogP contribution in [0.2, 0.25) is 0 Å². The van der Waals surface area contributed by atoms with Gasteiger partial charge in [-0.15, -0.1) is 0 Å². The molecule has 3 aromatic carbocycles. The number of nitrogens with zero attached hydrogens (tertiary/aromatic N) is 3. The molecule has 0 unspecified atom stereocenters. The van der Waals surface area contributed by atoms with E-state index in [9.17, 15) is 4.79 Å². The minimum Gasteiger partial charge on any atom is -0.489 e. The van der Waals surface area contributed by atoms with E-state index in [4.69, 9.17) is 14.5 Å². The van der Waals surface area contributed by atoms with Crippen molar-refractivity contribution in [3.8, 4) is 17.0 Å². The SMILES string of the molecule is CC(C)(C)c1ccc(OCc2ccc(C(=O)N/N=C/c3sc(N4CCOCC4)nc3-c3ccccc3)cc2)cc1. The van der Waals surface area contributed by atoms with Gasteiger partial charge in [-0.1, -0.05) is 86.7 Å². The number of anilines is 1. The van der Waals surface area contributed by atoms with Gasteiger partial charge in [0.25, 0.3) is 5.91 Å². The van der Waals surface area contributed by atoms with Gasteiger partial charge in [0.1, 0.15) is 12.4 Å². The normalized spacial score (nSPS) is 13.9. The molecular weight excluding hydrogens is 520 g/mol. The van der Waals surface area contributed by atoms with E-state index < -0.39 is 0 Å². The quantitative estimate of drug-likeness (QED) is 0.205. The number of aromatic nitrogens is 1. The third kappa shape index (κ3) is 6.94. The summed E-state index contributed by atoms with van der Waals surface area (Å²) in [7, 11) is 0. The number of hydrogen-bond donors (Lipinski definition) is 1. The first-order chi connectivity index (χ1) is 19.4. The molecule has 5 rings (SSSR count). The Labute approximate surface area is 239 Å². The number of carbonyl (C=O) groups excluding carboxylic acids is 1. The van der Waals surface area contributed by atoms with Crippen LogP contribution in [0.25, 0.3) is 11.3 Å². The number of rotatable bonds is 8. The Balaban J connectivity index is 1.20. The fourth-order valence-corrected chi connectivity index (χ4v) is 5.30. The molecule has 0 saturated carbocycles. The summed E-state index contributed by atoms with van der Waals surface area (Å²) >= 11 is 1.56. The first-order valence-electron chi connectivity index (χ1n) is 13.4. The standard InChI is InChI=1S/C32H34N4O3S/c1-32(2,3)26-13-15-27(16-14-26)39-22-23-9-11-25(12-10-23)30(37)35-33-21-28-29(24-7-5-4-6-8-24)34-31(40-28)36-17-19-38-20-18-36/h4-16,21H,17-20,22H2,1-3H3,(H,35,37)/b33-21+. The second-order valence-electron chi connectivity index (χ2n) is 10.6. The highest BCUT2D eigenvalue weighted by Gasteiger charge is 2.19. The van der Waals surface area contributed by atoms with Crippen molar-refractivity contribution < 1.29 is 14.3 Å². The number of thiazole rings is 1. The molecule has 0 spiro atoms. The molecule has 206 valence electrons. The lowest BCUT2D eigenvalue weighted by Gasteiger charge is -2.26. The van der Waals surface area contributed by atoms with Crippen molar-refractivity contribution >= 4 is 28.6 Å². The van der Waals surface area contributed by atoms with Crippen LogP contribution in [-0.2, 0) is 16.8 Å². The molecule has 0 aliphatic carbocycles. The van der Waals surface area contributed by atoms with E-state index >= 15 is 0 Å². The van der Waals surface area contributed by atoms with Gasteiger partial charge >= 0.3 is 0 Å². The maximum Gasteiger partial charge on any atom is 0.271 e. The van der Waals surface area contributed by atoms with E-state index in [2.05, 4.69) is 48.3 Å². The van der Waals surface area contributed by atoms with E-state index in [1.807, 2.05) is 54.6 Å². The molecule has 2 heterocycles. The van der Waals surface area contributed by atoms with E-state index in [0.717, 1.165) is 45.7 Å². The largest absolute Gasteiger partial charge is 0.489 e. The highest BCUT2D eigenvalue weighted by Crippen LogP contribution is 2.32. The lowest BCUT2D eigenvalue weighted by Crippen LogP contribution is -2.36. The van der Waals surface area contributed by atoms with Gasteiger partial charge in [0.05, 0.1) is 30.0 Å². The predicted molar refractivity (Wildman–Crippen MR) is 162 cm³/mol. The van der Waals surface area contributed by atoms with Crippen LogP contribution >= 0.6 is 11.3 Å². The van der Waals surface area contributed by atoms with Crippen LogP contribution in [0.4, 0.5) is 5.13 Å². The molecule has 1 amide bonds. The molecule has 1 saturated heterocycles. The molecule has 0 bridgehead atoms. The van der Waals surface area contributed by atoms with Crippen LogP contribution in [-0.4, -0.2) is 43.4 Å². The highest BCUT2D eigenvalue weighted by molar-refractivity contribution is 7.17. The zero-order valence-electron chi connectivity index (χ0n) is 23.1. The van der Waals surface area contributed by atoms with Gasteiger partial charge in [0.2, 0.25) is 0 Å². The monoisotopic (exact) mass is 554 g/mol. The molecule has 1 aliphatic heterocycles. The van der Waals surface area contributed by atoms with Gasteiger partial charge in [-0.05, 0) is 40.8 Å². The number of carbonyl (C=O) groups is 1. The van der Waals surface area contributed by atoms with Gasteiger partial charge in [-0.3, -0.25) is 4.79 Å².